The summed E-state index contributed by atoms with van der Waals surface area (Å²) in [6.45, 7) is 1.14. The maximum absolute atomic E-state index is 4.63. The van der Waals surface area contributed by atoms with E-state index in [0.29, 0.717) is 6.04 Å². The first kappa shape index (κ1) is 10.1. The molecule has 0 aromatic carbocycles. The maximum Gasteiger partial charge on any atom is 0.152 e. The van der Waals surface area contributed by atoms with Crippen molar-refractivity contribution >= 4 is 0 Å². The smallest absolute Gasteiger partial charge is 0.152 e. The van der Waals surface area contributed by atoms with Gasteiger partial charge in [0, 0.05) is 12.5 Å². The molecule has 0 radical (unpaired) electrons. The number of hydrogen-bond acceptors (Lipinski definition) is 4. The van der Waals surface area contributed by atoms with Crippen LogP contribution in [0.25, 0.3) is 0 Å². The minimum Gasteiger partial charge on any atom is -0.314 e. The predicted octanol–water partition coefficient (Wildman–Crippen LogP) is 1.04. The standard InChI is InChI=1S/C12H18N4/c1-2-7-13-9(4-1)8-12-14-10-5-3-6-11(10)15-16-12/h9,13H,1-8H2. The number of piperidine rings is 1. The summed E-state index contributed by atoms with van der Waals surface area (Å²) in [5, 5.41) is 12.1. The molecule has 1 aromatic heterocycles. The Bertz CT molecular complexity index is 371. The van der Waals surface area contributed by atoms with Crippen molar-refractivity contribution in [2.24, 2.45) is 0 Å². The lowest BCUT2D eigenvalue weighted by molar-refractivity contribution is 0.392. The average Bonchev–Trinajstić information content (AvgIpc) is 2.77. The van der Waals surface area contributed by atoms with Crippen LogP contribution >= 0.6 is 0 Å². The number of aromatic nitrogens is 3. The van der Waals surface area contributed by atoms with Crippen molar-refractivity contribution in [2.75, 3.05) is 6.54 Å². The van der Waals surface area contributed by atoms with Crippen molar-refractivity contribution in [1.29, 1.82) is 0 Å². The second-order valence-electron chi connectivity index (χ2n) is 4.83. The lowest BCUT2D eigenvalue weighted by Gasteiger charge is -2.22. The van der Waals surface area contributed by atoms with E-state index in [1.165, 1.54) is 31.4 Å². The summed E-state index contributed by atoms with van der Waals surface area (Å²) >= 11 is 0. The van der Waals surface area contributed by atoms with E-state index in [2.05, 4.69) is 20.5 Å². The molecule has 3 rings (SSSR count). The molecular weight excluding hydrogens is 200 g/mol. The zero-order chi connectivity index (χ0) is 10.8. The monoisotopic (exact) mass is 218 g/mol. The van der Waals surface area contributed by atoms with E-state index in [4.69, 9.17) is 0 Å². The summed E-state index contributed by atoms with van der Waals surface area (Å²) in [4.78, 5) is 4.63. The van der Waals surface area contributed by atoms with E-state index in [1.54, 1.807) is 0 Å². The lowest BCUT2D eigenvalue weighted by atomic mass is 10.0. The fraction of sp³-hybridized carbons (Fsp3) is 0.750. The van der Waals surface area contributed by atoms with Crippen LogP contribution in [-0.2, 0) is 19.3 Å². The van der Waals surface area contributed by atoms with Gasteiger partial charge in [0.1, 0.15) is 0 Å². The highest BCUT2D eigenvalue weighted by atomic mass is 15.2. The molecule has 1 aliphatic carbocycles. The summed E-state index contributed by atoms with van der Waals surface area (Å²) < 4.78 is 0. The highest BCUT2D eigenvalue weighted by Gasteiger charge is 2.18. The predicted molar refractivity (Wildman–Crippen MR) is 61.2 cm³/mol. The SMILES string of the molecule is C1CCC(Cc2nnc3c(n2)CCC3)NC1. The van der Waals surface area contributed by atoms with Gasteiger partial charge < -0.3 is 5.32 Å². The molecule has 1 N–H and O–H groups in total. The van der Waals surface area contributed by atoms with Crippen LogP contribution < -0.4 is 5.32 Å². The third-order valence-electron chi connectivity index (χ3n) is 3.55. The average molecular weight is 218 g/mol. The minimum atomic E-state index is 0.565. The number of nitrogens with zero attached hydrogens (tertiary/aromatic N) is 3. The summed E-state index contributed by atoms with van der Waals surface area (Å²) in [5.74, 6) is 0.931. The second kappa shape index (κ2) is 4.45. The fourth-order valence-corrected chi connectivity index (χ4v) is 2.64. The molecule has 1 saturated heterocycles. The molecule has 2 heterocycles. The van der Waals surface area contributed by atoms with Crippen LogP contribution in [0, 0.1) is 0 Å². The summed E-state index contributed by atoms with van der Waals surface area (Å²) in [7, 11) is 0. The van der Waals surface area contributed by atoms with Crippen LogP contribution in [0.5, 0.6) is 0 Å². The Morgan fingerprint density at radius 3 is 2.88 bits per heavy atom. The molecule has 1 aromatic rings. The molecular formula is C12H18N4. The van der Waals surface area contributed by atoms with Crippen molar-refractivity contribution in [3.8, 4) is 0 Å². The maximum atomic E-state index is 4.63. The summed E-state index contributed by atoms with van der Waals surface area (Å²) in [6, 6.07) is 0.565. The Labute approximate surface area is 95.9 Å². The Hall–Kier alpha value is -1.03. The zero-order valence-electron chi connectivity index (χ0n) is 9.58. The fourth-order valence-electron chi connectivity index (χ4n) is 2.64. The zero-order valence-corrected chi connectivity index (χ0v) is 9.58. The van der Waals surface area contributed by atoms with Gasteiger partial charge in [0.2, 0.25) is 0 Å². The summed E-state index contributed by atoms with van der Waals surface area (Å²) in [5.41, 5.74) is 2.32. The van der Waals surface area contributed by atoms with Crippen LogP contribution in [-0.4, -0.2) is 27.8 Å². The molecule has 4 nitrogen and oxygen atoms in total. The van der Waals surface area contributed by atoms with Gasteiger partial charge >= 0.3 is 0 Å². The highest BCUT2D eigenvalue weighted by molar-refractivity contribution is 5.16. The molecule has 1 fully saturated rings. The van der Waals surface area contributed by atoms with Crippen LogP contribution in [0.3, 0.4) is 0 Å². The minimum absolute atomic E-state index is 0.565. The first-order valence-electron chi connectivity index (χ1n) is 6.36. The van der Waals surface area contributed by atoms with Gasteiger partial charge in [-0.15, -0.1) is 5.10 Å². The molecule has 0 saturated carbocycles. The van der Waals surface area contributed by atoms with Gasteiger partial charge in [-0.2, -0.15) is 5.10 Å². The van der Waals surface area contributed by atoms with Crippen LogP contribution in [0.15, 0.2) is 0 Å². The van der Waals surface area contributed by atoms with E-state index < -0.39 is 0 Å². The molecule has 1 aliphatic heterocycles. The first-order valence-corrected chi connectivity index (χ1v) is 6.36. The lowest BCUT2D eigenvalue weighted by Crippen LogP contribution is -2.36. The van der Waals surface area contributed by atoms with Crippen LogP contribution in [0.1, 0.15) is 42.9 Å². The molecule has 2 aliphatic rings. The van der Waals surface area contributed by atoms with Gasteiger partial charge in [-0.05, 0) is 38.6 Å². The molecule has 0 amide bonds. The number of hydrogen-bond donors (Lipinski definition) is 1. The molecule has 4 heteroatoms. The highest BCUT2D eigenvalue weighted by Crippen LogP contribution is 2.17. The summed E-state index contributed by atoms with van der Waals surface area (Å²) in [6.07, 6.45) is 8.19. The van der Waals surface area contributed by atoms with Gasteiger partial charge in [-0.25, -0.2) is 4.98 Å². The molecule has 0 bridgehead atoms. The van der Waals surface area contributed by atoms with E-state index in [0.717, 1.165) is 37.3 Å². The number of rotatable bonds is 2. The van der Waals surface area contributed by atoms with Crippen molar-refractivity contribution in [1.82, 2.24) is 20.5 Å². The van der Waals surface area contributed by atoms with Crippen LogP contribution in [0.4, 0.5) is 0 Å². The topological polar surface area (TPSA) is 50.7 Å². The van der Waals surface area contributed by atoms with E-state index in [-0.39, 0.29) is 0 Å². The van der Waals surface area contributed by atoms with Gasteiger partial charge in [-0.1, -0.05) is 6.42 Å². The van der Waals surface area contributed by atoms with Crippen molar-refractivity contribution in [2.45, 2.75) is 51.0 Å². The normalized spacial score (nSPS) is 24.4. The van der Waals surface area contributed by atoms with Gasteiger partial charge in [-0.3, -0.25) is 0 Å². The molecule has 1 unspecified atom stereocenters. The molecule has 0 spiro atoms. The third kappa shape index (κ3) is 2.07. The third-order valence-corrected chi connectivity index (χ3v) is 3.55. The van der Waals surface area contributed by atoms with E-state index >= 15 is 0 Å². The van der Waals surface area contributed by atoms with E-state index in [1.807, 2.05) is 0 Å². The van der Waals surface area contributed by atoms with Crippen molar-refractivity contribution < 1.29 is 0 Å². The van der Waals surface area contributed by atoms with Gasteiger partial charge in [0.15, 0.2) is 5.82 Å². The second-order valence-corrected chi connectivity index (χ2v) is 4.83. The number of aryl methyl sites for hydroxylation is 2. The Morgan fingerprint density at radius 1 is 1.06 bits per heavy atom. The molecule has 1 atom stereocenters. The Morgan fingerprint density at radius 2 is 2.00 bits per heavy atom. The van der Waals surface area contributed by atoms with Gasteiger partial charge in [0.05, 0.1) is 11.4 Å². The number of fused-ring (bicyclic) bond motifs is 1. The largest absolute Gasteiger partial charge is 0.314 e. The quantitative estimate of drug-likeness (QED) is 0.806. The van der Waals surface area contributed by atoms with Gasteiger partial charge in [0.25, 0.3) is 0 Å². The molecule has 86 valence electrons. The van der Waals surface area contributed by atoms with E-state index in [9.17, 15) is 0 Å². The van der Waals surface area contributed by atoms with Crippen LogP contribution in [0.2, 0.25) is 0 Å². The number of nitrogens with one attached hydrogen (secondary N) is 1. The Balaban J connectivity index is 1.69. The van der Waals surface area contributed by atoms with Crippen molar-refractivity contribution in [3.05, 3.63) is 17.2 Å². The molecule has 16 heavy (non-hydrogen) atoms. The Kier molecular flexibility index (Phi) is 2.82. The first-order chi connectivity index (χ1) is 7.92. The van der Waals surface area contributed by atoms with Crippen molar-refractivity contribution in [3.63, 3.8) is 0 Å².